The molecule has 4 rings (SSSR count). The molecule has 2 heterocycles. The van der Waals surface area contributed by atoms with E-state index in [4.69, 9.17) is 23.2 Å². The number of nitrogens with one attached hydrogen (secondary N) is 1. The second-order valence-electron chi connectivity index (χ2n) is 6.43. The third-order valence-corrected chi connectivity index (χ3v) is 5.38. The smallest absolute Gasteiger partial charge is 0.255 e. The molecule has 0 spiro atoms. The monoisotopic (exact) mass is 397 g/mol. The second-order valence-corrected chi connectivity index (χ2v) is 7.24. The highest BCUT2D eigenvalue weighted by Crippen LogP contribution is 2.25. The molecular formula is C21H17Cl2N3O. The van der Waals surface area contributed by atoms with Gasteiger partial charge in [0.1, 0.15) is 5.82 Å². The lowest BCUT2D eigenvalue weighted by Crippen LogP contribution is -2.30. The summed E-state index contributed by atoms with van der Waals surface area (Å²) in [5.74, 6) is 0.645. The number of halogens is 2. The van der Waals surface area contributed by atoms with Crippen LogP contribution in [0.3, 0.4) is 0 Å². The number of rotatable bonds is 3. The van der Waals surface area contributed by atoms with E-state index < -0.39 is 0 Å². The Morgan fingerprint density at radius 1 is 1.00 bits per heavy atom. The molecule has 0 unspecified atom stereocenters. The Labute approximate surface area is 167 Å². The van der Waals surface area contributed by atoms with Gasteiger partial charge in [0.05, 0.1) is 21.9 Å². The third kappa shape index (κ3) is 3.92. The quantitative estimate of drug-likeness (QED) is 0.659. The molecule has 27 heavy (non-hydrogen) atoms. The Hall–Kier alpha value is -2.56. The molecule has 136 valence electrons. The molecule has 0 saturated carbocycles. The van der Waals surface area contributed by atoms with E-state index in [1.54, 1.807) is 24.4 Å². The lowest BCUT2D eigenvalue weighted by Gasteiger charge is -2.29. The van der Waals surface area contributed by atoms with Crippen LogP contribution in [0.15, 0.2) is 60.8 Å². The van der Waals surface area contributed by atoms with E-state index in [2.05, 4.69) is 39.5 Å². The van der Waals surface area contributed by atoms with Gasteiger partial charge in [-0.3, -0.25) is 4.79 Å². The predicted octanol–water partition coefficient (Wildman–Crippen LogP) is 5.20. The first-order valence-electron chi connectivity index (χ1n) is 8.64. The average Bonchev–Trinajstić information content (AvgIpc) is 2.70. The van der Waals surface area contributed by atoms with E-state index in [0.29, 0.717) is 21.3 Å². The van der Waals surface area contributed by atoms with Gasteiger partial charge in [0.2, 0.25) is 0 Å². The van der Waals surface area contributed by atoms with Gasteiger partial charge in [-0.15, -0.1) is 0 Å². The Bertz CT molecular complexity index is 989. The SMILES string of the molecule is O=C(Nc1ccc(N2CCc3ccccc3C2)nc1)c1ccc(Cl)c(Cl)c1. The first-order valence-corrected chi connectivity index (χ1v) is 9.40. The van der Waals surface area contributed by atoms with Gasteiger partial charge < -0.3 is 10.2 Å². The zero-order valence-electron chi connectivity index (χ0n) is 14.5. The van der Waals surface area contributed by atoms with Crippen molar-refractivity contribution >= 4 is 40.6 Å². The third-order valence-electron chi connectivity index (χ3n) is 4.64. The number of aromatic nitrogens is 1. The number of anilines is 2. The second kappa shape index (κ2) is 7.59. The Morgan fingerprint density at radius 2 is 1.81 bits per heavy atom. The zero-order valence-corrected chi connectivity index (χ0v) is 16.0. The molecule has 1 amide bonds. The number of carbonyl (C=O) groups is 1. The van der Waals surface area contributed by atoms with E-state index in [-0.39, 0.29) is 5.91 Å². The fourth-order valence-electron chi connectivity index (χ4n) is 3.18. The number of hydrogen-bond donors (Lipinski definition) is 1. The van der Waals surface area contributed by atoms with Crippen LogP contribution in [0, 0.1) is 0 Å². The van der Waals surface area contributed by atoms with Crippen LogP contribution in [-0.4, -0.2) is 17.4 Å². The van der Waals surface area contributed by atoms with Gasteiger partial charge in [-0.25, -0.2) is 4.98 Å². The normalized spacial score (nSPS) is 13.2. The summed E-state index contributed by atoms with van der Waals surface area (Å²) in [6, 6.07) is 17.1. The fourth-order valence-corrected chi connectivity index (χ4v) is 3.48. The van der Waals surface area contributed by atoms with Gasteiger partial charge >= 0.3 is 0 Å². The predicted molar refractivity (Wildman–Crippen MR) is 110 cm³/mol. The molecule has 6 heteroatoms. The minimum atomic E-state index is -0.255. The summed E-state index contributed by atoms with van der Waals surface area (Å²) in [5, 5.41) is 3.60. The van der Waals surface area contributed by atoms with Gasteiger partial charge in [-0.2, -0.15) is 0 Å². The van der Waals surface area contributed by atoms with Gasteiger partial charge in [-0.1, -0.05) is 47.5 Å². The number of benzene rings is 2. The van der Waals surface area contributed by atoms with Crippen LogP contribution in [-0.2, 0) is 13.0 Å². The molecule has 1 aromatic heterocycles. The molecule has 0 fully saturated rings. The van der Waals surface area contributed by atoms with Crippen LogP contribution in [0.25, 0.3) is 0 Å². The molecule has 2 aromatic carbocycles. The van der Waals surface area contributed by atoms with Gasteiger partial charge in [0.25, 0.3) is 5.91 Å². The van der Waals surface area contributed by atoms with Crippen molar-refractivity contribution in [2.45, 2.75) is 13.0 Å². The first-order chi connectivity index (χ1) is 13.1. The van der Waals surface area contributed by atoms with Crippen molar-refractivity contribution in [3.8, 4) is 0 Å². The molecular weight excluding hydrogens is 381 g/mol. The average molecular weight is 398 g/mol. The number of carbonyl (C=O) groups excluding carboxylic acids is 1. The maximum atomic E-state index is 12.4. The highest BCUT2D eigenvalue weighted by Gasteiger charge is 2.17. The van der Waals surface area contributed by atoms with Crippen LogP contribution in [0.2, 0.25) is 10.0 Å². The molecule has 0 atom stereocenters. The van der Waals surface area contributed by atoms with Crippen molar-refractivity contribution in [1.29, 1.82) is 0 Å². The van der Waals surface area contributed by atoms with Crippen molar-refractivity contribution in [1.82, 2.24) is 4.98 Å². The first kappa shape index (κ1) is 17.8. The van der Waals surface area contributed by atoms with Gasteiger partial charge in [-0.05, 0) is 47.9 Å². The maximum absolute atomic E-state index is 12.4. The van der Waals surface area contributed by atoms with Crippen molar-refractivity contribution in [2.24, 2.45) is 0 Å². The molecule has 3 aromatic rings. The molecule has 1 aliphatic rings. The van der Waals surface area contributed by atoms with E-state index >= 15 is 0 Å². The number of fused-ring (bicyclic) bond motifs is 1. The number of pyridine rings is 1. The summed E-state index contributed by atoms with van der Waals surface area (Å²) in [4.78, 5) is 19.1. The Balaban J connectivity index is 1.45. The van der Waals surface area contributed by atoms with Crippen molar-refractivity contribution in [2.75, 3.05) is 16.8 Å². The van der Waals surface area contributed by atoms with Crippen LogP contribution in [0.4, 0.5) is 11.5 Å². The number of hydrogen-bond acceptors (Lipinski definition) is 3. The van der Waals surface area contributed by atoms with E-state index in [1.807, 2.05) is 12.1 Å². The topological polar surface area (TPSA) is 45.2 Å². The van der Waals surface area contributed by atoms with Crippen molar-refractivity contribution in [3.63, 3.8) is 0 Å². The molecule has 0 radical (unpaired) electrons. The van der Waals surface area contributed by atoms with E-state index in [0.717, 1.165) is 25.3 Å². The summed E-state index contributed by atoms with van der Waals surface area (Å²) < 4.78 is 0. The number of amides is 1. The summed E-state index contributed by atoms with van der Waals surface area (Å²) in [7, 11) is 0. The largest absolute Gasteiger partial charge is 0.352 e. The minimum absolute atomic E-state index is 0.255. The molecule has 0 aliphatic carbocycles. The molecule has 0 saturated heterocycles. The minimum Gasteiger partial charge on any atom is -0.352 e. The van der Waals surface area contributed by atoms with E-state index in [1.165, 1.54) is 11.1 Å². The fraction of sp³-hybridized carbons (Fsp3) is 0.143. The van der Waals surface area contributed by atoms with Gasteiger partial charge in [0, 0.05) is 18.7 Å². The lowest BCUT2D eigenvalue weighted by atomic mass is 10.00. The zero-order chi connectivity index (χ0) is 18.8. The van der Waals surface area contributed by atoms with Crippen LogP contribution in [0.5, 0.6) is 0 Å². The lowest BCUT2D eigenvalue weighted by molar-refractivity contribution is 0.102. The van der Waals surface area contributed by atoms with Crippen molar-refractivity contribution in [3.05, 3.63) is 87.5 Å². The summed E-state index contributed by atoms with van der Waals surface area (Å²) in [5.41, 5.74) is 3.81. The highest BCUT2D eigenvalue weighted by molar-refractivity contribution is 6.42. The molecule has 0 bridgehead atoms. The molecule has 1 aliphatic heterocycles. The maximum Gasteiger partial charge on any atom is 0.255 e. The highest BCUT2D eigenvalue weighted by atomic mass is 35.5. The molecule has 1 N–H and O–H groups in total. The van der Waals surface area contributed by atoms with Crippen LogP contribution in [0.1, 0.15) is 21.5 Å². The Kier molecular flexibility index (Phi) is 5.01. The van der Waals surface area contributed by atoms with Crippen LogP contribution >= 0.6 is 23.2 Å². The summed E-state index contributed by atoms with van der Waals surface area (Å²) >= 11 is 11.9. The summed E-state index contributed by atoms with van der Waals surface area (Å²) in [6.45, 7) is 1.77. The van der Waals surface area contributed by atoms with Crippen LogP contribution < -0.4 is 10.2 Å². The number of nitrogens with zero attached hydrogens (tertiary/aromatic N) is 2. The van der Waals surface area contributed by atoms with Gasteiger partial charge in [0.15, 0.2) is 0 Å². The van der Waals surface area contributed by atoms with E-state index in [9.17, 15) is 4.79 Å². The molecule has 4 nitrogen and oxygen atoms in total. The van der Waals surface area contributed by atoms with Crippen molar-refractivity contribution < 1.29 is 4.79 Å². The Morgan fingerprint density at radius 3 is 2.56 bits per heavy atom. The summed E-state index contributed by atoms with van der Waals surface area (Å²) in [6.07, 6.45) is 2.68. The standard InChI is InChI=1S/C21H17Cl2N3O/c22-18-7-5-15(11-19(18)23)21(27)25-17-6-8-20(24-12-17)26-10-9-14-3-1-2-4-16(14)13-26/h1-8,11-12H,9-10,13H2,(H,25,27).